The Labute approximate surface area is 187 Å². The van der Waals surface area contributed by atoms with E-state index in [1.165, 1.54) is 0 Å². The molecule has 1 heterocycles. The molecule has 0 bridgehead atoms. The van der Waals surface area contributed by atoms with Gasteiger partial charge in [-0.05, 0) is 24.3 Å². The molecule has 0 unspecified atom stereocenters. The molecular weight excluding hydrogens is 430 g/mol. The first-order valence-corrected chi connectivity index (χ1v) is 12.2. The molecular formula is C23H25N3O5S. The Hall–Kier alpha value is -2.96. The number of nitrogens with zero attached hydrogens (tertiary/aromatic N) is 2. The first kappa shape index (κ1) is 22.2. The summed E-state index contributed by atoms with van der Waals surface area (Å²) in [7, 11) is -3.79. The van der Waals surface area contributed by atoms with Crippen LogP contribution in [-0.2, 0) is 24.2 Å². The van der Waals surface area contributed by atoms with E-state index < -0.39 is 32.8 Å². The molecule has 1 aliphatic carbocycles. The molecule has 168 valence electrons. The standard InChI is InChI=1S/C23H25N3O5S/c24-8-9-25-22(27)19-14-17(15-20(19)23(28)26-10-12-31-13-11-26)32(29,30)21-7-3-5-16-4-1-2-6-18(16)21/h1-7,17,19-20H,9-15H2,(H,25,27)/t17-,19-,20-/m1/s1. The largest absolute Gasteiger partial charge is 0.378 e. The number of fused-ring (bicyclic) bond motifs is 1. The van der Waals surface area contributed by atoms with Gasteiger partial charge in [0.2, 0.25) is 11.8 Å². The molecule has 1 saturated carbocycles. The van der Waals surface area contributed by atoms with Crippen LogP contribution in [0.2, 0.25) is 0 Å². The number of hydrogen-bond donors (Lipinski definition) is 1. The fraction of sp³-hybridized carbons (Fsp3) is 0.435. The monoisotopic (exact) mass is 455 g/mol. The number of nitriles is 1. The molecule has 2 amide bonds. The summed E-state index contributed by atoms with van der Waals surface area (Å²) in [6.45, 7) is 1.49. The SMILES string of the molecule is N#CCNC(=O)[C@@H]1C[C@@H](S(=O)(=O)c2cccc3ccccc23)C[C@H]1C(=O)N1CCOCC1. The fourth-order valence-corrected chi connectivity index (χ4v) is 6.75. The van der Waals surface area contributed by atoms with Crippen molar-refractivity contribution < 1.29 is 22.7 Å². The molecule has 1 aliphatic heterocycles. The number of amides is 2. The maximum Gasteiger partial charge on any atom is 0.226 e. The lowest BCUT2D eigenvalue weighted by Gasteiger charge is -2.30. The molecule has 3 atom stereocenters. The number of nitrogens with one attached hydrogen (secondary N) is 1. The number of carbonyl (C=O) groups excluding carboxylic acids is 2. The molecule has 2 aromatic rings. The zero-order chi connectivity index (χ0) is 22.7. The molecule has 32 heavy (non-hydrogen) atoms. The van der Waals surface area contributed by atoms with Gasteiger partial charge in [-0.25, -0.2) is 8.42 Å². The number of ether oxygens (including phenoxy) is 1. The zero-order valence-corrected chi connectivity index (χ0v) is 18.4. The second-order valence-corrected chi connectivity index (χ2v) is 10.3. The summed E-state index contributed by atoms with van der Waals surface area (Å²) in [5.41, 5.74) is 0. The Kier molecular flexibility index (Phi) is 6.44. The third-order valence-corrected chi connectivity index (χ3v) is 8.56. The lowest BCUT2D eigenvalue weighted by molar-refractivity contribution is -0.144. The summed E-state index contributed by atoms with van der Waals surface area (Å²) in [6.07, 6.45) is 0.121. The van der Waals surface area contributed by atoms with Crippen LogP contribution in [0.1, 0.15) is 12.8 Å². The molecule has 9 heteroatoms. The third kappa shape index (κ3) is 4.20. The molecule has 1 N–H and O–H groups in total. The predicted octanol–water partition coefficient (Wildman–Crippen LogP) is 1.51. The first-order chi connectivity index (χ1) is 15.4. The third-order valence-electron chi connectivity index (χ3n) is 6.33. The Morgan fingerprint density at radius 3 is 2.50 bits per heavy atom. The van der Waals surface area contributed by atoms with E-state index in [1.54, 1.807) is 29.2 Å². The van der Waals surface area contributed by atoms with E-state index in [4.69, 9.17) is 10.00 Å². The maximum atomic E-state index is 13.6. The molecule has 0 radical (unpaired) electrons. The van der Waals surface area contributed by atoms with Crippen molar-refractivity contribution in [2.75, 3.05) is 32.8 Å². The smallest absolute Gasteiger partial charge is 0.226 e. The van der Waals surface area contributed by atoms with E-state index in [2.05, 4.69) is 5.32 Å². The second-order valence-electron chi connectivity index (χ2n) is 8.14. The highest BCUT2D eigenvalue weighted by Crippen LogP contribution is 2.41. The van der Waals surface area contributed by atoms with Crippen molar-refractivity contribution in [3.63, 3.8) is 0 Å². The van der Waals surface area contributed by atoms with Crippen molar-refractivity contribution >= 4 is 32.4 Å². The van der Waals surface area contributed by atoms with Gasteiger partial charge in [0, 0.05) is 18.5 Å². The van der Waals surface area contributed by atoms with E-state index in [-0.39, 0.29) is 30.2 Å². The summed E-state index contributed by atoms with van der Waals surface area (Å²) in [5.74, 6) is -2.22. The van der Waals surface area contributed by atoms with Gasteiger partial charge in [0.25, 0.3) is 0 Å². The fourth-order valence-electron chi connectivity index (χ4n) is 4.71. The van der Waals surface area contributed by atoms with Crippen LogP contribution in [0.5, 0.6) is 0 Å². The second kappa shape index (κ2) is 9.27. The van der Waals surface area contributed by atoms with Crippen LogP contribution in [-0.4, -0.2) is 63.2 Å². The average molecular weight is 456 g/mol. The topological polar surface area (TPSA) is 117 Å². The Morgan fingerprint density at radius 2 is 1.75 bits per heavy atom. The Balaban J connectivity index is 1.66. The molecule has 1 saturated heterocycles. The number of morpholine rings is 1. The van der Waals surface area contributed by atoms with Crippen molar-refractivity contribution in [3.8, 4) is 6.07 Å². The molecule has 4 rings (SSSR count). The number of benzene rings is 2. The lowest BCUT2D eigenvalue weighted by Crippen LogP contribution is -2.46. The van der Waals surface area contributed by atoms with Crippen molar-refractivity contribution in [2.24, 2.45) is 11.8 Å². The summed E-state index contributed by atoms with van der Waals surface area (Å²) in [5, 5.41) is 11.9. The van der Waals surface area contributed by atoms with Gasteiger partial charge in [-0.2, -0.15) is 5.26 Å². The van der Waals surface area contributed by atoms with Gasteiger partial charge in [0.15, 0.2) is 9.84 Å². The highest BCUT2D eigenvalue weighted by molar-refractivity contribution is 7.92. The van der Waals surface area contributed by atoms with Gasteiger partial charge >= 0.3 is 0 Å². The molecule has 0 spiro atoms. The molecule has 2 aromatic carbocycles. The van der Waals surface area contributed by atoms with Crippen molar-refractivity contribution in [1.82, 2.24) is 10.2 Å². The van der Waals surface area contributed by atoms with Gasteiger partial charge in [-0.3, -0.25) is 9.59 Å². The Morgan fingerprint density at radius 1 is 1.06 bits per heavy atom. The Bertz CT molecular complexity index is 1160. The van der Waals surface area contributed by atoms with Crippen molar-refractivity contribution in [2.45, 2.75) is 23.0 Å². The average Bonchev–Trinajstić information content (AvgIpc) is 3.29. The summed E-state index contributed by atoms with van der Waals surface area (Å²) in [6, 6.07) is 14.3. The van der Waals surface area contributed by atoms with E-state index in [0.29, 0.717) is 31.7 Å². The normalized spacial score (nSPS) is 23.6. The summed E-state index contributed by atoms with van der Waals surface area (Å²) >= 11 is 0. The zero-order valence-electron chi connectivity index (χ0n) is 17.6. The van der Waals surface area contributed by atoms with Gasteiger partial charge in [0.05, 0.1) is 41.3 Å². The van der Waals surface area contributed by atoms with Crippen molar-refractivity contribution in [3.05, 3.63) is 42.5 Å². The highest BCUT2D eigenvalue weighted by Gasteiger charge is 2.48. The van der Waals surface area contributed by atoms with Gasteiger partial charge in [-0.1, -0.05) is 36.4 Å². The van der Waals surface area contributed by atoms with E-state index in [0.717, 1.165) is 5.39 Å². The quantitative estimate of drug-likeness (QED) is 0.683. The van der Waals surface area contributed by atoms with Crippen LogP contribution in [0.15, 0.2) is 47.4 Å². The molecule has 2 fully saturated rings. The highest BCUT2D eigenvalue weighted by atomic mass is 32.2. The minimum absolute atomic E-state index is 0.0452. The van der Waals surface area contributed by atoms with Crippen molar-refractivity contribution in [1.29, 1.82) is 5.26 Å². The number of hydrogen-bond acceptors (Lipinski definition) is 6. The number of sulfone groups is 1. The lowest BCUT2D eigenvalue weighted by atomic mass is 9.93. The number of carbonyl (C=O) groups is 2. The van der Waals surface area contributed by atoms with Crippen LogP contribution < -0.4 is 5.32 Å². The van der Waals surface area contributed by atoms with Crippen LogP contribution in [0, 0.1) is 23.2 Å². The molecule has 8 nitrogen and oxygen atoms in total. The minimum Gasteiger partial charge on any atom is -0.378 e. The van der Waals surface area contributed by atoms with Crippen LogP contribution in [0.3, 0.4) is 0 Å². The van der Waals surface area contributed by atoms with E-state index >= 15 is 0 Å². The molecule has 2 aliphatic rings. The van der Waals surface area contributed by atoms with E-state index in [9.17, 15) is 18.0 Å². The first-order valence-electron chi connectivity index (χ1n) is 10.7. The van der Waals surface area contributed by atoms with Crippen LogP contribution in [0.4, 0.5) is 0 Å². The van der Waals surface area contributed by atoms with Gasteiger partial charge < -0.3 is 15.0 Å². The predicted molar refractivity (Wildman–Crippen MR) is 117 cm³/mol. The minimum atomic E-state index is -3.79. The number of rotatable bonds is 5. The summed E-state index contributed by atoms with van der Waals surface area (Å²) < 4.78 is 32.6. The van der Waals surface area contributed by atoms with Gasteiger partial charge in [-0.15, -0.1) is 0 Å². The maximum absolute atomic E-state index is 13.6. The molecule has 0 aromatic heterocycles. The van der Waals surface area contributed by atoms with Gasteiger partial charge in [0.1, 0.15) is 6.54 Å². The summed E-state index contributed by atoms with van der Waals surface area (Å²) in [4.78, 5) is 27.9. The van der Waals surface area contributed by atoms with Crippen LogP contribution >= 0.6 is 0 Å². The van der Waals surface area contributed by atoms with Crippen LogP contribution in [0.25, 0.3) is 10.8 Å². The van der Waals surface area contributed by atoms with E-state index in [1.807, 2.05) is 24.3 Å².